The summed E-state index contributed by atoms with van der Waals surface area (Å²) in [5.41, 5.74) is 0.664. The number of rotatable bonds is 6. The number of guanidine groups is 1. The predicted molar refractivity (Wildman–Crippen MR) is 129 cm³/mol. The highest BCUT2D eigenvalue weighted by Gasteiger charge is 2.24. The van der Waals surface area contributed by atoms with Gasteiger partial charge in [-0.15, -0.1) is 24.0 Å². The lowest BCUT2D eigenvalue weighted by atomic mass is 10.1. The van der Waals surface area contributed by atoms with Gasteiger partial charge in [0.1, 0.15) is 11.3 Å². The van der Waals surface area contributed by atoms with E-state index in [1.54, 1.807) is 7.05 Å². The first kappa shape index (κ1) is 25.7. The fraction of sp³-hybridized carbons (Fsp3) is 0.476. The van der Waals surface area contributed by atoms with E-state index in [-0.39, 0.29) is 24.0 Å². The van der Waals surface area contributed by atoms with E-state index in [9.17, 15) is 4.79 Å². The number of amides is 1. The van der Waals surface area contributed by atoms with E-state index in [0.717, 1.165) is 11.3 Å². The highest BCUT2D eigenvalue weighted by atomic mass is 127. The first-order valence-electron chi connectivity index (χ1n) is 9.55. The molecule has 0 aliphatic rings. The Morgan fingerprint density at radius 1 is 1.13 bits per heavy atom. The summed E-state index contributed by atoms with van der Waals surface area (Å²) >= 11 is 0. The molecule has 0 aliphatic carbocycles. The first-order valence-corrected chi connectivity index (χ1v) is 9.55. The summed E-state index contributed by atoms with van der Waals surface area (Å²) in [4.78, 5) is 16.2. The summed E-state index contributed by atoms with van der Waals surface area (Å²) in [6.07, 6.45) is -0.455. The van der Waals surface area contributed by atoms with Crippen molar-refractivity contribution >= 4 is 36.0 Å². The van der Waals surface area contributed by atoms with Crippen LogP contribution in [0, 0.1) is 0 Å². The highest BCUT2D eigenvalue weighted by Crippen LogP contribution is 2.19. The van der Waals surface area contributed by atoms with E-state index < -0.39 is 17.2 Å². The Morgan fingerprint density at radius 3 is 2.40 bits per heavy atom. The van der Waals surface area contributed by atoms with Crippen LogP contribution < -0.4 is 16.0 Å². The van der Waals surface area contributed by atoms with Crippen molar-refractivity contribution in [3.05, 3.63) is 42.1 Å². The van der Waals surface area contributed by atoms with Crippen molar-refractivity contribution in [3.8, 4) is 11.3 Å². The molecule has 0 radical (unpaired) electrons. The predicted octanol–water partition coefficient (Wildman–Crippen LogP) is 3.93. The van der Waals surface area contributed by atoms with Crippen molar-refractivity contribution in [1.82, 2.24) is 21.1 Å². The third-order valence-corrected chi connectivity index (χ3v) is 3.81. The molecular weight excluding hydrogens is 497 g/mol. The topological polar surface area (TPSA) is 101 Å². The van der Waals surface area contributed by atoms with Crippen LogP contribution in [0.2, 0.25) is 0 Å². The second-order valence-corrected chi connectivity index (χ2v) is 8.34. The first-order chi connectivity index (χ1) is 13.6. The van der Waals surface area contributed by atoms with Gasteiger partial charge in [0.2, 0.25) is 0 Å². The zero-order valence-electron chi connectivity index (χ0n) is 18.4. The molecule has 1 aromatic carbocycles. The zero-order valence-corrected chi connectivity index (χ0v) is 20.7. The third-order valence-electron chi connectivity index (χ3n) is 3.81. The molecule has 1 heterocycles. The monoisotopic (exact) mass is 529 g/mol. The number of carbonyl (C=O) groups excluding carboxylic acids is 1. The summed E-state index contributed by atoms with van der Waals surface area (Å²) in [7, 11) is 1.68. The molecule has 0 fully saturated rings. The average Bonchev–Trinajstić information content (AvgIpc) is 3.09. The molecule has 30 heavy (non-hydrogen) atoms. The van der Waals surface area contributed by atoms with Crippen molar-refractivity contribution in [2.45, 2.75) is 52.3 Å². The molecule has 9 heteroatoms. The molecule has 0 spiro atoms. The van der Waals surface area contributed by atoms with Gasteiger partial charge < -0.3 is 25.2 Å². The maximum atomic E-state index is 12.0. The van der Waals surface area contributed by atoms with E-state index in [1.807, 2.05) is 71.0 Å². The van der Waals surface area contributed by atoms with E-state index in [4.69, 9.17) is 9.26 Å². The van der Waals surface area contributed by atoms with Crippen molar-refractivity contribution < 1.29 is 14.1 Å². The highest BCUT2D eigenvalue weighted by molar-refractivity contribution is 14.0. The minimum Gasteiger partial charge on any atom is -0.444 e. The summed E-state index contributed by atoms with van der Waals surface area (Å²) in [6, 6.07) is 11.7. The van der Waals surface area contributed by atoms with Crippen LogP contribution in [0.15, 0.2) is 45.9 Å². The number of hydrogen-bond acceptors (Lipinski definition) is 5. The van der Waals surface area contributed by atoms with Gasteiger partial charge in [0, 0.05) is 25.2 Å². The number of halogens is 1. The van der Waals surface area contributed by atoms with Crippen LogP contribution in [0.4, 0.5) is 4.79 Å². The van der Waals surface area contributed by atoms with E-state index >= 15 is 0 Å². The maximum Gasteiger partial charge on any atom is 0.408 e. The average molecular weight is 529 g/mol. The Bertz CT molecular complexity index is 829. The largest absolute Gasteiger partial charge is 0.444 e. The van der Waals surface area contributed by atoms with Gasteiger partial charge in [0.25, 0.3) is 0 Å². The fourth-order valence-corrected chi connectivity index (χ4v) is 2.46. The Morgan fingerprint density at radius 2 is 1.80 bits per heavy atom. The molecule has 0 saturated heterocycles. The maximum absolute atomic E-state index is 12.0. The van der Waals surface area contributed by atoms with Crippen LogP contribution in [0.25, 0.3) is 11.3 Å². The minimum absolute atomic E-state index is 0. The van der Waals surface area contributed by atoms with Crippen LogP contribution in [-0.4, -0.2) is 41.9 Å². The molecule has 1 amide bonds. The Labute approximate surface area is 195 Å². The molecule has 0 atom stereocenters. The molecular formula is C21H32IN5O3. The molecule has 0 aliphatic heterocycles. The Hall–Kier alpha value is -2.30. The second kappa shape index (κ2) is 11.2. The van der Waals surface area contributed by atoms with Crippen molar-refractivity contribution in [2.75, 3.05) is 13.6 Å². The number of hydrogen-bond donors (Lipinski definition) is 3. The molecule has 0 bridgehead atoms. The molecule has 0 saturated carbocycles. The van der Waals surface area contributed by atoms with Gasteiger partial charge in [0.15, 0.2) is 11.7 Å². The van der Waals surface area contributed by atoms with Gasteiger partial charge in [0.05, 0.1) is 12.1 Å². The number of ether oxygens (including phenoxy) is 1. The normalized spacial score (nSPS) is 12.0. The second-order valence-electron chi connectivity index (χ2n) is 8.34. The zero-order chi connectivity index (χ0) is 21.5. The van der Waals surface area contributed by atoms with Crippen LogP contribution in [0.3, 0.4) is 0 Å². The molecule has 2 rings (SSSR count). The smallest absolute Gasteiger partial charge is 0.408 e. The Kier molecular flexibility index (Phi) is 9.60. The molecule has 0 unspecified atom stereocenters. The number of nitrogens with zero attached hydrogens (tertiary/aromatic N) is 2. The van der Waals surface area contributed by atoms with Gasteiger partial charge in [-0.1, -0.05) is 35.5 Å². The lowest BCUT2D eigenvalue weighted by molar-refractivity contribution is 0.0474. The van der Waals surface area contributed by atoms with E-state index in [2.05, 4.69) is 26.1 Å². The quantitative estimate of drug-likeness (QED) is 0.298. The number of nitrogens with one attached hydrogen (secondary N) is 3. The summed E-state index contributed by atoms with van der Waals surface area (Å²) in [5, 5.41) is 13.3. The number of benzene rings is 1. The third kappa shape index (κ3) is 9.02. The fourth-order valence-electron chi connectivity index (χ4n) is 2.46. The lowest BCUT2D eigenvalue weighted by Crippen LogP contribution is -2.54. The van der Waals surface area contributed by atoms with Crippen LogP contribution in [0.1, 0.15) is 40.3 Å². The van der Waals surface area contributed by atoms with Gasteiger partial charge >= 0.3 is 6.09 Å². The minimum atomic E-state index is -0.540. The number of alkyl carbamates (subject to hydrolysis) is 1. The summed E-state index contributed by atoms with van der Waals surface area (Å²) < 4.78 is 10.7. The molecule has 8 nitrogen and oxygen atoms in total. The summed E-state index contributed by atoms with van der Waals surface area (Å²) in [5.74, 6) is 1.31. The lowest BCUT2D eigenvalue weighted by Gasteiger charge is -2.29. The van der Waals surface area contributed by atoms with Crippen molar-refractivity contribution in [1.29, 1.82) is 0 Å². The van der Waals surface area contributed by atoms with Gasteiger partial charge in [-0.05, 0) is 34.6 Å². The van der Waals surface area contributed by atoms with Gasteiger partial charge in [-0.3, -0.25) is 4.99 Å². The molecule has 2 aromatic rings. The van der Waals surface area contributed by atoms with Crippen molar-refractivity contribution in [2.24, 2.45) is 4.99 Å². The summed E-state index contributed by atoms with van der Waals surface area (Å²) in [6.45, 7) is 10.2. The van der Waals surface area contributed by atoms with Crippen LogP contribution >= 0.6 is 24.0 Å². The standard InChI is InChI=1S/C21H31N5O3.HI/c1-20(2,3)28-19(27)25-21(4,5)14-24-18(22-6)23-13-16-12-17(29-26-16)15-10-8-7-9-11-15;/h7-12H,13-14H2,1-6H3,(H,25,27)(H2,22,23,24);1H. The Balaban J connectivity index is 0.00000450. The number of aliphatic imine (C=N–C) groups is 1. The van der Waals surface area contributed by atoms with Crippen LogP contribution in [0.5, 0.6) is 0 Å². The number of aromatic nitrogens is 1. The SMILES string of the molecule is CN=C(NCc1cc(-c2ccccc2)on1)NCC(C)(C)NC(=O)OC(C)(C)C.I. The van der Waals surface area contributed by atoms with Gasteiger partial charge in [-0.2, -0.15) is 0 Å². The van der Waals surface area contributed by atoms with Crippen LogP contribution in [-0.2, 0) is 11.3 Å². The molecule has 1 aromatic heterocycles. The number of carbonyl (C=O) groups is 1. The van der Waals surface area contributed by atoms with Crippen molar-refractivity contribution in [3.63, 3.8) is 0 Å². The molecule has 166 valence electrons. The van der Waals surface area contributed by atoms with E-state index in [0.29, 0.717) is 24.8 Å². The van der Waals surface area contributed by atoms with Gasteiger partial charge in [-0.25, -0.2) is 4.79 Å². The van der Waals surface area contributed by atoms with E-state index in [1.165, 1.54) is 0 Å². The molecule has 3 N–H and O–H groups in total.